The summed E-state index contributed by atoms with van der Waals surface area (Å²) in [6, 6.07) is 19.8. The fraction of sp³-hybridized carbons (Fsp3) is 0.111. The topological polar surface area (TPSA) is 29.5 Å². The van der Waals surface area contributed by atoms with Crippen molar-refractivity contribution >= 4 is 10.8 Å². The SMILES string of the molecule is COc1cccc(Cc2ccc3ccccc3c2O)c1. The number of fused-ring (bicyclic) bond motifs is 1. The quantitative estimate of drug-likeness (QED) is 0.770. The Morgan fingerprint density at radius 1 is 0.950 bits per heavy atom. The lowest BCUT2D eigenvalue weighted by molar-refractivity contribution is 0.414. The second-order valence-corrected chi connectivity index (χ2v) is 4.82. The summed E-state index contributed by atoms with van der Waals surface area (Å²) >= 11 is 0. The second kappa shape index (κ2) is 5.25. The number of aromatic hydroxyl groups is 1. The summed E-state index contributed by atoms with van der Waals surface area (Å²) in [7, 11) is 1.66. The summed E-state index contributed by atoms with van der Waals surface area (Å²) in [4.78, 5) is 0. The van der Waals surface area contributed by atoms with Crippen LogP contribution in [0.15, 0.2) is 60.7 Å². The number of hydrogen-bond donors (Lipinski definition) is 1. The van der Waals surface area contributed by atoms with Crippen LogP contribution < -0.4 is 4.74 Å². The highest BCUT2D eigenvalue weighted by Crippen LogP contribution is 2.30. The third-order valence-corrected chi connectivity index (χ3v) is 3.51. The lowest BCUT2D eigenvalue weighted by Crippen LogP contribution is -1.91. The van der Waals surface area contributed by atoms with Gasteiger partial charge in [-0.25, -0.2) is 0 Å². The maximum atomic E-state index is 10.4. The molecule has 0 saturated carbocycles. The summed E-state index contributed by atoms with van der Waals surface area (Å²) in [6.45, 7) is 0. The highest BCUT2D eigenvalue weighted by atomic mass is 16.5. The molecule has 1 N–H and O–H groups in total. The first-order valence-corrected chi connectivity index (χ1v) is 6.60. The Balaban J connectivity index is 2.00. The van der Waals surface area contributed by atoms with Crippen molar-refractivity contribution in [3.63, 3.8) is 0 Å². The monoisotopic (exact) mass is 264 g/mol. The Bertz CT molecular complexity index is 747. The molecule has 20 heavy (non-hydrogen) atoms. The molecular weight excluding hydrogens is 248 g/mol. The second-order valence-electron chi connectivity index (χ2n) is 4.82. The van der Waals surface area contributed by atoms with E-state index in [0.29, 0.717) is 12.2 Å². The molecule has 0 unspecified atom stereocenters. The highest BCUT2D eigenvalue weighted by molar-refractivity contribution is 5.89. The number of benzene rings is 3. The largest absolute Gasteiger partial charge is 0.507 e. The van der Waals surface area contributed by atoms with E-state index in [1.165, 1.54) is 0 Å². The zero-order valence-corrected chi connectivity index (χ0v) is 11.3. The fourth-order valence-electron chi connectivity index (χ4n) is 2.45. The van der Waals surface area contributed by atoms with Crippen molar-refractivity contribution < 1.29 is 9.84 Å². The highest BCUT2D eigenvalue weighted by Gasteiger charge is 2.07. The molecule has 3 aromatic rings. The van der Waals surface area contributed by atoms with Gasteiger partial charge in [0.25, 0.3) is 0 Å². The van der Waals surface area contributed by atoms with Crippen LogP contribution in [-0.4, -0.2) is 12.2 Å². The Morgan fingerprint density at radius 2 is 1.80 bits per heavy atom. The standard InChI is InChI=1S/C18H16O2/c1-20-16-7-4-5-13(12-16)11-15-10-9-14-6-2-3-8-17(14)18(15)19/h2-10,12,19H,11H2,1H3. The van der Waals surface area contributed by atoms with Crippen molar-refractivity contribution in [2.24, 2.45) is 0 Å². The molecule has 0 saturated heterocycles. The van der Waals surface area contributed by atoms with Gasteiger partial charge < -0.3 is 9.84 Å². The first-order chi connectivity index (χ1) is 9.78. The van der Waals surface area contributed by atoms with Gasteiger partial charge in [-0.3, -0.25) is 0 Å². The van der Waals surface area contributed by atoms with Crippen molar-refractivity contribution in [1.29, 1.82) is 0 Å². The summed E-state index contributed by atoms with van der Waals surface area (Å²) in [6.07, 6.45) is 0.688. The van der Waals surface area contributed by atoms with Crippen LogP contribution in [0.3, 0.4) is 0 Å². The molecule has 0 aliphatic carbocycles. The number of rotatable bonds is 3. The molecule has 0 spiro atoms. The number of phenols is 1. The van der Waals surface area contributed by atoms with Crippen LogP contribution >= 0.6 is 0 Å². The molecule has 2 heteroatoms. The van der Waals surface area contributed by atoms with E-state index in [-0.39, 0.29) is 0 Å². The van der Waals surface area contributed by atoms with Crippen molar-refractivity contribution in [3.8, 4) is 11.5 Å². The predicted octanol–water partition coefficient (Wildman–Crippen LogP) is 4.14. The molecule has 2 nitrogen and oxygen atoms in total. The van der Waals surface area contributed by atoms with Gasteiger partial charge in [0.2, 0.25) is 0 Å². The number of hydrogen-bond acceptors (Lipinski definition) is 2. The molecule has 100 valence electrons. The van der Waals surface area contributed by atoms with Gasteiger partial charge in [0, 0.05) is 11.8 Å². The van der Waals surface area contributed by atoms with Crippen molar-refractivity contribution in [3.05, 3.63) is 71.8 Å². The van der Waals surface area contributed by atoms with Crippen LogP contribution in [0.4, 0.5) is 0 Å². The smallest absolute Gasteiger partial charge is 0.126 e. The molecule has 0 heterocycles. The van der Waals surface area contributed by atoms with Crippen molar-refractivity contribution in [2.75, 3.05) is 7.11 Å². The third-order valence-electron chi connectivity index (χ3n) is 3.51. The van der Waals surface area contributed by atoms with Crippen LogP contribution in [-0.2, 0) is 6.42 Å². The minimum Gasteiger partial charge on any atom is -0.507 e. The molecule has 0 bridgehead atoms. The normalized spacial score (nSPS) is 10.7. The first kappa shape index (κ1) is 12.5. The minimum absolute atomic E-state index is 0.367. The van der Waals surface area contributed by atoms with Gasteiger partial charge in [0.15, 0.2) is 0 Å². The lowest BCUT2D eigenvalue weighted by atomic mass is 9.99. The van der Waals surface area contributed by atoms with Gasteiger partial charge in [-0.05, 0) is 28.6 Å². The van der Waals surface area contributed by atoms with Crippen molar-refractivity contribution in [1.82, 2.24) is 0 Å². The minimum atomic E-state index is 0.367. The zero-order chi connectivity index (χ0) is 13.9. The van der Waals surface area contributed by atoms with Crippen LogP contribution in [0.2, 0.25) is 0 Å². The maximum absolute atomic E-state index is 10.4. The summed E-state index contributed by atoms with van der Waals surface area (Å²) in [5.74, 6) is 1.20. The average Bonchev–Trinajstić information content (AvgIpc) is 2.50. The maximum Gasteiger partial charge on any atom is 0.126 e. The van der Waals surface area contributed by atoms with Gasteiger partial charge in [0.1, 0.15) is 11.5 Å². The van der Waals surface area contributed by atoms with Crippen LogP contribution in [0.5, 0.6) is 11.5 Å². The van der Waals surface area contributed by atoms with Gasteiger partial charge in [-0.2, -0.15) is 0 Å². The summed E-state index contributed by atoms with van der Waals surface area (Å²) in [5.41, 5.74) is 2.05. The molecule has 0 aromatic heterocycles. The molecule has 0 amide bonds. The summed E-state index contributed by atoms with van der Waals surface area (Å²) in [5, 5.41) is 12.4. The predicted molar refractivity (Wildman–Crippen MR) is 81.4 cm³/mol. The average molecular weight is 264 g/mol. The van der Waals surface area contributed by atoms with E-state index < -0.39 is 0 Å². The number of phenolic OH excluding ortho intramolecular Hbond substituents is 1. The molecule has 0 aliphatic rings. The van der Waals surface area contributed by atoms with E-state index in [4.69, 9.17) is 4.74 Å². The van der Waals surface area contributed by atoms with Crippen molar-refractivity contribution in [2.45, 2.75) is 6.42 Å². The van der Waals surface area contributed by atoms with Crippen LogP contribution in [0, 0.1) is 0 Å². The Kier molecular flexibility index (Phi) is 3.30. The molecular formula is C18H16O2. The van der Waals surface area contributed by atoms with E-state index in [1.807, 2.05) is 60.7 Å². The molecule has 0 fully saturated rings. The molecule has 3 aromatic carbocycles. The van der Waals surface area contributed by atoms with E-state index in [0.717, 1.165) is 27.6 Å². The number of methoxy groups -OCH3 is 1. The Labute approximate surface area is 118 Å². The van der Waals surface area contributed by atoms with E-state index >= 15 is 0 Å². The lowest BCUT2D eigenvalue weighted by Gasteiger charge is -2.09. The summed E-state index contributed by atoms with van der Waals surface area (Å²) < 4.78 is 5.23. The van der Waals surface area contributed by atoms with Crippen LogP contribution in [0.1, 0.15) is 11.1 Å². The molecule has 0 aliphatic heterocycles. The molecule has 0 radical (unpaired) electrons. The molecule has 0 atom stereocenters. The van der Waals surface area contributed by atoms with Gasteiger partial charge >= 0.3 is 0 Å². The first-order valence-electron chi connectivity index (χ1n) is 6.60. The van der Waals surface area contributed by atoms with Gasteiger partial charge in [-0.15, -0.1) is 0 Å². The van der Waals surface area contributed by atoms with E-state index in [9.17, 15) is 5.11 Å². The third kappa shape index (κ3) is 2.32. The molecule has 3 rings (SSSR count). The Hall–Kier alpha value is -2.48. The van der Waals surface area contributed by atoms with Gasteiger partial charge in [0.05, 0.1) is 7.11 Å². The van der Waals surface area contributed by atoms with E-state index in [1.54, 1.807) is 7.11 Å². The Morgan fingerprint density at radius 3 is 2.65 bits per heavy atom. The van der Waals surface area contributed by atoms with Gasteiger partial charge in [-0.1, -0.05) is 48.5 Å². The van der Waals surface area contributed by atoms with Crippen LogP contribution in [0.25, 0.3) is 10.8 Å². The number of ether oxygens (including phenoxy) is 1. The zero-order valence-electron chi connectivity index (χ0n) is 11.3. The fourth-order valence-corrected chi connectivity index (χ4v) is 2.45. The van der Waals surface area contributed by atoms with E-state index in [2.05, 4.69) is 0 Å².